The summed E-state index contributed by atoms with van der Waals surface area (Å²) in [6.07, 6.45) is 0.882. The fourth-order valence-corrected chi connectivity index (χ4v) is 1.96. The Bertz CT molecular complexity index is 431. The number of hydrogen-bond acceptors (Lipinski definition) is 4. The molecule has 0 saturated carbocycles. The van der Waals surface area contributed by atoms with Crippen LogP contribution in [0, 0.1) is 12.8 Å². The van der Waals surface area contributed by atoms with Crippen LogP contribution in [0.25, 0.3) is 0 Å². The first-order valence-corrected chi connectivity index (χ1v) is 6.59. The molecule has 2 N–H and O–H groups in total. The molecule has 2 unspecified atom stereocenters. The smallest absolute Gasteiger partial charge is 0.323 e. The van der Waals surface area contributed by atoms with Gasteiger partial charge in [0.25, 0.3) is 0 Å². The maximum absolute atomic E-state index is 11.7. The first-order chi connectivity index (χ1) is 8.99. The molecule has 0 radical (unpaired) electrons. The Morgan fingerprint density at radius 1 is 1.47 bits per heavy atom. The van der Waals surface area contributed by atoms with Crippen molar-refractivity contribution >= 4 is 5.97 Å². The van der Waals surface area contributed by atoms with E-state index in [4.69, 9.17) is 4.74 Å². The third-order valence-electron chi connectivity index (χ3n) is 3.42. The molecule has 106 valence electrons. The number of esters is 1. The zero-order valence-electron chi connectivity index (χ0n) is 12.1. The zero-order valence-corrected chi connectivity index (χ0v) is 12.1. The van der Waals surface area contributed by atoms with Gasteiger partial charge < -0.3 is 9.84 Å². The van der Waals surface area contributed by atoms with E-state index in [1.807, 2.05) is 32.9 Å². The molecule has 0 aliphatic heterocycles. The summed E-state index contributed by atoms with van der Waals surface area (Å²) in [4.78, 5) is 11.7. The summed E-state index contributed by atoms with van der Waals surface area (Å²) in [6, 6.07) is 5.08. The van der Waals surface area contributed by atoms with Gasteiger partial charge in [-0.15, -0.1) is 0 Å². The number of ether oxygens (including phenoxy) is 1. The van der Waals surface area contributed by atoms with Crippen molar-refractivity contribution < 1.29 is 14.6 Å². The number of aryl methyl sites for hydroxylation is 1. The maximum Gasteiger partial charge on any atom is 0.323 e. The van der Waals surface area contributed by atoms with Crippen LogP contribution in [-0.2, 0) is 16.1 Å². The van der Waals surface area contributed by atoms with Gasteiger partial charge in [-0.25, -0.2) is 0 Å². The highest BCUT2D eigenvalue weighted by atomic mass is 16.5. The second kappa shape index (κ2) is 7.14. The van der Waals surface area contributed by atoms with Crippen molar-refractivity contribution in [2.75, 3.05) is 7.11 Å². The highest BCUT2D eigenvalue weighted by Crippen LogP contribution is 2.19. The fourth-order valence-electron chi connectivity index (χ4n) is 1.96. The van der Waals surface area contributed by atoms with Gasteiger partial charge in [-0.2, -0.15) is 0 Å². The lowest BCUT2D eigenvalue weighted by Gasteiger charge is -2.22. The molecule has 0 aliphatic carbocycles. The van der Waals surface area contributed by atoms with Crippen LogP contribution in [0.3, 0.4) is 0 Å². The van der Waals surface area contributed by atoms with Gasteiger partial charge in [0.05, 0.1) is 7.11 Å². The van der Waals surface area contributed by atoms with E-state index in [1.54, 1.807) is 6.07 Å². The average molecular weight is 265 g/mol. The molecule has 0 heterocycles. The molecular weight excluding hydrogens is 242 g/mol. The number of phenols is 1. The standard InChI is InChI=1S/C15H23NO3/c1-5-11(3)14(15(18)19-4)16-9-12-8-10(2)6-7-13(12)17/h6-8,11,14,16-17H,5,9H2,1-4H3. The Morgan fingerprint density at radius 3 is 2.74 bits per heavy atom. The predicted molar refractivity (Wildman–Crippen MR) is 74.9 cm³/mol. The molecule has 2 atom stereocenters. The number of nitrogens with one attached hydrogen (secondary N) is 1. The van der Waals surface area contributed by atoms with Crippen molar-refractivity contribution in [1.29, 1.82) is 0 Å². The van der Waals surface area contributed by atoms with Crippen molar-refractivity contribution in [3.05, 3.63) is 29.3 Å². The summed E-state index contributed by atoms with van der Waals surface area (Å²) in [7, 11) is 1.39. The van der Waals surface area contributed by atoms with Crippen LogP contribution in [0.2, 0.25) is 0 Å². The predicted octanol–water partition coefficient (Wildman–Crippen LogP) is 2.38. The van der Waals surface area contributed by atoms with Crippen molar-refractivity contribution in [3.63, 3.8) is 0 Å². The van der Waals surface area contributed by atoms with Crippen LogP contribution in [0.5, 0.6) is 5.75 Å². The monoisotopic (exact) mass is 265 g/mol. The zero-order chi connectivity index (χ0) is 14.4. The number of methoxy groups -OCH3 is 1. The van der Waals surface area contributed by atoms with E-state index in [0.29, 0.717) is 6.54 Å². The summed E-state index contributed by atoms with van der Waals surface area (Å²) >= 11 is 0. The molecule has 0 saturated heterocycles. The molecule has 0 amide bonds. The summed E-state index contributed by atoms with van der Waals surface area (Å²) in [5.74, 6) is 0.159. The number of carbonyl (C=O) groups excluding carboxylic acids is 1. The minimum atomic E-state index is -0.352. The highest BCUT2D eigenvalue weighted by Gasteiger charge is 2.24. The minimum Gasteiger partial charge on any atom is -0.508 e. The Morgan fingerprint density at radius 2 is 2.16 bits per heavy atom. The van der Waals surface area contributed by atoms with Crippen molar-refractivity contribution in [1.82, 2.24) is 5.32 Å². The number of carbonyl (C=O) groups is 1. The summed E-state index contributed by atoms with van der Waals surface area (Å²) in [5.41, 5.74) is 1.87. The van der Waals surface area contributed by atoms with E-state index in [2.05, 4.69) is 5.32 Å². The number of rotatable bonds is 6. The number of hydrogen-bond donors (Lipinski definition) is 2. The normalized spacial score (nSPS) is 13.9. The molecule has 4 nitrogen and oxygen atoms in total. The molecule has 0 aromatic heterocycles. The van der Waals surface area contributed by atoms with E-state index in [0.717, 1.165) is 17.5 Å². The minimum absolute atomic E-state index is 0.180. The van der Waals surface area contributed by atoms with Crippen LogP contribution in [0.15, 0.2) is 18.2 Å². The molecule has 0 aliphatic rings. The quantitative estimate of drug-likeness (QED) is 0.775. The van der Waals surface area contributed by atoms with Gasteiger partial charge in [-0.1, -0.05) is 38.0 Å². The van der Waals surface area contributed by atoms with Crippen LogP contribution in [-0.4, -0.2) is 24.2 Å². The Labute approximate surface area is 114 Å². The molecule has 1 aromatic rings. The third kappa shape index (κ3) is 4.24. The topological polar surface area (TPSA) is 58.6 Å². The SMILES string of the molecule is CCC(C)C(NCc1cc(C)ccc1O)C(=O)OC. The molecule has 0 fully saturated rings. The number of benzene rings is 1. The van der Waals surface area contributed by atoms with E-state index in [-0.39, 0.29) is 23.7 Å². The van der Waals surface area contributed by atoms with Gasteiger partial charge in [0.1, 0.15) is 11.8 Å². The lowest BCUT2D eigenvalue weighted by Crippen LogP contribution is -2.42. The van der Waals surface area contributed by atoms with Crippen LogP contribution in [0.4, 0.5) is 0 Å². The van der Waals surface area contributed by atoms with Gasteiger partial charge in [0.2, 0.25) is 0 Å². The lowest BCUT2D eigenvalue weighted by molar-refractivity contribution is -0.144. The number of phenolic OH excluding ortho intramolecular Hbond substituents is 1. The number of aromatic hydroxyl groups is 1. The molecule has 1 rings (SSSR count). The fraction of sp³-hybridized carbons (Fsp3) is 0.533. The van der Waals surface area contributed by atoms with Crippen LogP contribution >= 0.6 is 0 Å². The summed E-state index contributed by atoms with van der Waals surface area (Å²) in [6.45, 7) is 6.45. The van der Waals surface area contributed by atoms with E-state index in [9.17, 15) is 9.90 Å². The van der Waals surface area contributed by atoms with E-state index in [1.165, 1.54) is 7.11 Å². The largest absolute Gasteiger partial charge is 0.508 e. The summed E-state index contributed by atoms with van der Waals surface area (Å²) < 4.78 is 4.81. The van der Waals surface area contributed by atoms with Crippen LogP contribution in [0.1, 0.15) is 31.4 Å². The van der Waals surface area contributed by atoms with Gasteiger partial charge in [0.15, 0.2) is 0 Å². The third-order valence-corrected chi connectivity index (χ3v) is 3.42. The van der Waals surface area contributed by atoms with Gasteiger partial charge >= 0.3 is 5.97 Å². The lowest BCUT2D eigenvalue weighted by atomic mass is 9.99. The van der Waals surface area contributed by atoms with Crippen molar-refractivity contribution in [2.24, 2.45) is 5.92 Å². The second-order valence-electron chi connectivity index (χ2n) is 4.90. The average Bonchev–Trinajstić information content (AvgIpc) is 2.41. The van der Waals surface area contributed by atoms with E-state index < -0.39 is 0 Å². The van der Waals surface area contributed by atoms with Crippen LogP contribution < -0.4 is 5.32 Å². The van der Waals surface area contributed by atoms with Crippen molar-refractivity contribution in [2.45, 2.75) is 39.8 Å². The van der Waals surface area contributed by atoms with Gasteiger partial charge in [0, 0.05) is 12.1 Å². The van der Waals surface area contributed by atoms with E-state index >= 15 is 0 Å². The molecule has 0 spiro atoms. The Kier molecular flexibility index (Phi) is 5.83. The maximum atomic E-state index is 11.7. The molecule has 0 bridgehead atoms. The molecule has 19 heavy (non-hydrogen) atoms. The molecule has 4 heteroatoms. The van der Waals surface area contributed by atoms with Gasteiger partial charge in [-0.3, -0.25) is 10.1 Å². The second-order valence-corrected chi connectivity index (χ2v) is 4.90. The Balaban J connectivity index is 2.75. The van der Waals surface area contributed by atoms with Gasteiger partial charge in [-0.05, 0) is 18.9 Å². The highest BCUT2D eigenvalue weighted by molar-refractivity contribution is 5.76. The van der Waals surface area contributed by atoms with Crippen molar-refractivity contribution in [3.8, 4) is 5.75 Å². The first-order valence-electron chi connectivity index (χ1n) is 6.59. The summed E-state index contributed by atoms with van der Waals surface area (Å²) in [5, 5.41) is 13.0. The Hall–Kier alpha value is -1.55. The first kappa shape index (κ1) is 15.5. The molecular formula is C15H23NO3. The molecule has 1 aromatic carbocycles.